The Morgan fingerprint density at radius 2 is 1.37 bits per heavy atom. The number of hydrogen-bond donors (Lipinski definition) is 0. The predicted molar refractivity (Wildman–Crippen MR) is 103 cm³/mol. The number of anilines is 1. The molecule has 27 heavy (non-hydrogen) atoms. The van der Waals surface area contributed by atoms with Gasteiger partial charge >= 0.3 is 0 Å². The Kier molecular flexibility index (Phi) is 5.85. The molecule has 0 radical (unpaired) electrons. The number of benzene rings is 2. The highest BCUT2D eigenvalue weighted by molar-refractivity contribution is 5.39. The molecule has 0 aliphatic heterocycles. The SMILES string of the molecule is COc1ccc(CN(Cc2ccc(OC)cc2)c2nccc(C#N)n2)cc1. The van der Waals surface area contributed by atoms with Crippen LogP contribution < -0.4 is 14.4 Å². The minimum atomic E-state index is 0.342. The van der Waals surface area contributed by atoms with Crippen molar-refractivity contribution in [3.63, 3.8) is 0 Å². The Balaban J connectivity index is 1.87. The smallest absolute Gasteiger partial charge is 0.227 e. The molecule has 0 fully saturated rings. The predicted octanol–water partition coefficient (Wildman–Crippen LogP) is 3.57. The summed E-state index contributed by atoms with van der Waals surface area (Å²) >= 11 is 0. The Bertz CT molecular complexity index is 869. The zero-order valence-electron chi connectivity index (χ0n) is 15.3. The van der Waals surface area contributed by atoms with E-state index in [2.05, 4.69) is 16.0 Å². The van der Waals surface area contributed by atoms with Crippen LogP contribution in [0.15, 0.2) is 60.8 Å². The topological polar surface area (TPSA) is 71.3 Å². The molecule has 0 aliphatic carbocycles. The van der Waals surface area contributed by atoms with Crippen molar-refractivity contribution in [3.8, 4) is 17.6 Å². The van der Waals surface area contributed by atoms with E-state index >= 15 is 0 Å². The lowest BCUT2D eigenvalue weighted by Gasteiger charge is -2.23. The average molecular weight is 360 g/mol. The maximum Gasteiger partial charge on any atom is 0.227 e. The molecule has 0 saturated heterocycles. The van der Waals surface area contributed by atoms with Gasteiger partial charge in [-0.3, -0.25) is 0 Å². The molecular formula is C21H20N4O2. The molecule has 0 atom stereocenters. The lowest BCUT2D eigenvalue weighted by Crippen LogP contribution is -2.24. The van der Waals surface area contributed by atoms with E-state index < -0.39 is 0 Å². The van der Waals surface area contributed by atoms with Gasteiger partial charge in [-0.1, -0.05) is 24.3 Å². The van der Waals surface area contributed by atoms with Gasteiger partial charge in [0.1, 0.15) is 23.3 Å². The molecule has 6 nitrogen and oxygen atoms in total. The van der Waals surface area contributed by atoms with Crippen LogP contribution in [0.5, 0.6) is 11.5 Å². The van der Waals surface area contributed by atoms with Crippen molar-refractivity contribution in [3.05, 3.63) is 77.6 Å². The number of nitriles is 1. The van der Waals surface area contributed by atoms with Crippen LogP contribution >= 0.6 is 0 Å². The second-order valence-corrected chi connectivity index (χ2v) is 5.91. The summed E-state index contributed by atoms with van der Waals surface area (Å²) in [5.74, 6) is 2.13. The maximum atomic E-state index is 9.15. The van der Waals surface area contributed by atoms with E-state index in [4.69, 9.17) is 14.7 Å². The standard InChI is InChI=1S/C21H20N4O2/c1-26-19-7-3-16(4-8-19)14-25(21-23-12-11-18(13-22)24-21)15-17-5-9-20(27-2)10-6-17/h3-12H,14-15H2,1-2H3. The molecule has 0 spiro atoms. The fraction of sp³-hybridized carbons (Fsp3) is 0.190. The Labute approximate surface area is 158 Å². The second kappa shape index (κ2) is 8.68. The molecule has 2 aromatic carbocycles. The maximum absolute atomic E-state index is 9.15. The van der Waals surface area contributed by atoms with Crippen molar-refractivity contribution in [2.75, 3.05) is 19.1 Å². The van der Waals surface area contributed by atoms with Gasteiger partial charge in [0.05, 0.1) is 14.2 Å². The molecular weight excluding hydrogens is 340 g/mol. The van der Waals surface area contributed by atoms with E-state index in [-0.39, 0.29) is 0 Å². The summed E-state index contributed by atoms with van der Waals surface area (Å²) in [6.45, 7) is 1.20. The number of hydrogen-bond acceptors (Lipinski definition) is 6. The van der Waals surface area contributed by atoms with E-state index in [1.165, 1.54) is 0 Å². The molecule has 3 rings (SSSR count). The summed E-state index contributed by atoms with van der Waals surface area (Å²) in [4.78, 5) is 10.7. The minimum Gasteiger partial charge on any atom is -0.497 e. The van der Waals surface area contributed by atoms with Crippen LogP contribution in [0.1, 0.15) is 16.8 Å². The van der Waals surface area contributed by atoms with Crippen molar-refractivity contribution in [2.45, 2.75) is 13.1 Å². The quantitative estimate of drug-likeness (QED) is 0.641. The van der Waals surface area contributed by atoms with Gasteiger partial charge in [0.2, 0.25) is 5.95 Å². The van der Waals surface area contributed by atoms with E-state index in [0.717, 1.165) is 22.6 Å². The highest BCUT2D eigenvalue weighted by Gasteiger charge is 2.13. The van der Waals surface area contributed by atoms with Crippen LogP contribution in [0.25, 0.3) is 0 Å². The lowest BCUT2D eigenvalue weighted by molar-refractivity contribution is 0.414. The van der Waals surface area contributed by atoms with Gasteiger partial charge in [-0.2, -0.15) is 5.26 Å². The molecule has 0 saturated carbocycles. The Morgan fingerprint density at radius 3 is 1.81 bits per heavy atom. The van der Waals surface area contributed by atoms with Gasteiger partial charge in [0, 0.05) is 19.3 Å². The van der Waals surface area contributed by atoms with Crippen LogP contribution in [-0.2, 0) is 13.1 Å². The highest BCUT2D eigenvalue weighted by atomic mass is 16.5. The lowest BCUT2D eigenvalue weighted by atomic mass is 10.1. The molecule has 0 amide bonds. The first-order valence-electron chi connectivity index (χ1n) is 8.46. The van der Waals surface area contributed by atoms with Crippen LogP contribution in [0.3, 0.4) is 0 Å². The van der Waals surface area contributed by atoms with E-state index in [9.17, 15) is 0 Å². The van der Waals surface area contributed by atoms with Crippen LogP contribution in [0, 0.1) is 11.3 Å². The van der Waals surface area contributed by atoms with Gasteiger partial charge in [0.15, 0.2) is 0 Å². The van der Waals surface area contributed by atoms with E-state index in [1.807, 2.05) is 53.4 Å². The summed E-state index contributed by atoms with van der Waals surface area (Å²) in [7, 11) is 3.29. The van der Waals surface area contributed by atoms with Gasteiger partial charge < -0.3 is 14.4 Å². The van der Waals surface area contributed by atoms with Crippen LogP contribution in [0.4, 0.5) is 5.95 Å². The first kappa shape index (κ1) is 18.2. The molecule has 0 aliphatic rings. The monoisotopic (exact) mass is 360 g/mol. The van der Waals surface area contributed by atoms with Crippen molar-refractivity contribution >= 4 is 5.95 Å². The molecule has 0 unspecified atom stereocenters. The van der Waals surface area contributed by atoms with E-state index in [0.29, 0.717) is 24.7 Å². The fourth-order valence-corrected chi connectivity index (χ4v) is 2.66. The Morgan fingerprint density at radius 1 is 0.852 bits per heavy atom. The van der Waals surface area contributed by atoms with Crippen molar-refractivity contribution in [2.24, 2.45) is 0 Å². The Hall–Kier alpha value is -3.59. The fourth-order valence-electron chi connectivity index (χ4n) is 2.66. The van der Waals surface area contributed by atoms with Crippen LogP contribution in [-0.4, -0.2) is 24.2 Å². The molecule has 1 aromatic heterocycles. The number of aromatic nitrogens is 2. The van der Waals surface area contributed by atoms with Gasteiger partial charge in [0.25, 0.3) is 0 Å². The summed E-state index contributed by atoms with van der Waals surface area (Å²) in [6, 6.07) is 19.4. The number of methoxy groups -OCH3 is 2. The van der Waals surface area contributed by atoms with Crippen molar-refractivity contribution in [1.82, 2.24) is 9.97 Å². The molecule has 136 valence electrons. The zero-order chi connectivity index (χ0) is 19.1. The van der Waals surface area contributed by atoms with Gasteiger partial charge in [-0.05, 0) is 41.5 Å². The summed E-state index contributed by atoms with van der Waals surface area (Å²) < 4.78 is 10.4. The third-order valence-corrected chi connectivity index (χ3v) is 4.11. The molecule has 6 heteroatoms. The molecule has 0 N–H and O–H groups in total. The number of rotatable bonds is 7. The third-order valence-electron chi connectivity index (χ3n) is 4.11. The molecule has 3 aromatic rings. The minimum absolute atomic E-state index is 0.342. The average Bonchev–Trinajstić information content (AvgIpc) is 2.74. The number of nitrogens with zero attached hydrogens (tertiary/aromatic N) is 4. The normalized spacial score (nSPS) is 10.1. The van der Waals surface area contributed by atoms with Gasteiger partial charge in [-0.15, -0.1) is 0 Å². The van der Waals surface area contributed by atoms with Crippen molar-refractivity contribution in [1.29, 1.82) is 5.26 Å². The largest absolute Gasteiger partial charge is 0.497 e. The third kappa shape index (κ3) is 4.73. The highest BCUT2D eigenvalue weighted by Crippen LogP contribution is 2.20. The summed E-state index contributed by atoms with van der Waals surface area (Å²) in [6.07, 6.45) is 1.61. The van der Waals surface area contributed by atoms with Crippen molar-refractivity contribution < 1.29 is 9.47 Å². The molecule has 1 heterocycles. The zero-order valence-corrected chi connectivity index (χ0v) is 15.3. The van der Waals surface area contributed by atoms with Gasteiger partial charge in [-0.25, -0.2) is 9.97 Å². The summed E-state index contributed by atoms with van der Waals surface area (Å²) in [5, 5.41) is 9.15. The molecule has 0 bridgehead atoms. The summed E-state index contributed by atoms with van der Waals surface area (Å²) in [5.41, 5.74) is 2.53. The first-order chi connectivity index (χ1) is 13.2. The van der Waals surface area contributed by atoms with E-state index in [1.54, 1.807) is 26.5 Å². The second-order valence-electron chi connectivity index (χ2n) is 5.91. The van der Waals surface area contributed by atoms with Crippen LogP contribution in [0.2, 0.25) is 0 Å². The first-order valence-corrected chi connectivity index (χ1v) is 8.46. The number of ether oxygens (including phenoxy) is 2.